The zero-order valence-electron chi connectivity index (χ0n) is 13.8. The van der Waals surface area contributed by atoms with Crippen molar-refractivity contribution < 1.29 is 9.59 Å². The van der Waals surface area contributed by atoms with Gasteiger partial charge in [-0.05, 0) is 43.5 Å². The minimum absolute atomic E-state index is 0.0373. The van der Waals surface area contributed by atoms with Crippen molar-refractivity contribution in [1.82, 2.24) is 4.90 Å². The van der Waals surface area contributed by atoms with Crippen LogP contribution in [0.5, 0.6) is 0 Å². The van der Waals surface area contributed by atoms with Crippen LogP contribution in [0.1, 0.15) is 38.5 Å². The fraction of sp³-hybridized carbons (Fsp3) is 0.556. The van der Waals surface area contributed by atoms with Crippen LogP contribution in [0.2, 0.25) is 0 Å². The minimum atomic E-state index is 0.0373. The van der Waals surface area contributed by atoms with Crippen molar-refractivity contribution in [1.29, 1.82) is 0 Å². The lowest BCUT2D eigenvalue weighted by Crippen LogP contribution is -2.47. The molecule has 1 saturated carbocycles. The van der Waals surface area contributed by atoms with E-state index < -0.39 is 0 Å². The third kappa shape index (κ3) is 3.66. The number of carbonyl (C=O) groups is 2. The van der Waals surface area contributed by atoms with Gasteiger partial charge >= 0.3 is 6.03 Å². The van der Waals surface area contributed by atoms with Crippen LogP contribution < -0.4 is 10.2 Å². The summed E-state index contributed by atoms with van der Waals surface area (Å²) in [6, 6.07) is 7.63. The number of hydrogen-bond donors (Lipinski definition) is 1. The van der Waals surface area contributed by atoms with Gasteiger partial charge in [0.1, 0.15) is 0 Å². The van der Waals surface area contributed by atoms with E-state index in [9.17, 15) is 9.59 Å². The zero-order valence-corrected chi connectivity index (χ0v) is 13.8. The van der Waals surface area contributed by atoms with Gasteiger partial charge in [0.05, 0.1) is 0 Å². The lowest BCUT2D eigenvalue weighted by molar-refractivity contribution is -0.120. The van der Waals surface area contributed by atoms with E-state index in [0.29, 0.717) is 0 Å². The summed E-state index contributed by atoms with van der Waals surface area (Å²) in [5.74, 6) is 0.284. The van der Waals surface area contributed by atoms with Crippen LogP contribution in [0.4, 0.5) is 16.2 Å². The monoisotopic (exact) mass is 315 g/mol. The third-order valence-electron chi connectivity index (χ3n) is 4.86. The van der Waals surface area contributed by atoms with Crippen LogP contribution in [0.3, 0.4) is 0 Å². The van der Waals surface area contributed by atoms with Crippen molar-refractivity contribution in [3.8, 4) is 0 Å². The highest BCUT2D eigenvalue weighted by molar-refractivity contribution is 5.94. The Balaban J connectivity index is 1.62. The van der Waals surface area contributed by atoms with E-state index in [0.717, 1.165) is 56.6 Å². The van der Waals surface area contributed by atoms with Crippen LogP contribution in [-0.4, -0.2) is 37.0 Å². The summed E-state index contributed by atoms with van der Waals surface area (Å²) in [4.78, 5) is 28.0. The molecule has 1 aromatic carbocycles. The maximum atomic E-state index is 12.3. The van der Waals surface area contributed by atoms with Gasteiger partial charge in [0.25, 0.3) is 0 Å². The summed E-state index contributed by atoms with van der Waals surface area (Å²) < 4.78 is 0. The summed E-state index contributed by atoms with van der Waals surface area (Å²) in [5.41, 5.74) is 1.69. The van der Waals surface area contributed by atoms with E-state index in [1.807, 2.05) is 31.3 Å². The van der Waals surface area contributed by atoms with Gasteiger partial charge in [-0.15, -0.1) is 0 Å². The molecule has 0 spiro atoms. The van der Waals surface area contributed by atoms with Crippen LogP contribution in [0.15, 0.2) is 24.3 Å². The van der Waals surface area contributed by atoms with Crippen molar-refractivity contribution >= 4 is 23.3 Å². The quantitative estimate of drug-likeness (QED) is 0.928. The van der Waals surface area contributed by atoms with E-state index in [1.54, 1.807) is 9.80 Å². The van der Waals surface area contributed by atoms with Gasteiger partial charge in [-0.25, -0.2) is 4.79 Å². The molecule has 5 nitrogen and oxygen atoms in total. The van der Waals surface area contributed by atoms with Crippen LogP contribution in [0.25, 0.3) is 0 Å². The molecule has 1 saturated heterocycles. The molecule has 124 valence electrons. The van der Waals surface area contributed by atoms with Crippen molar-refractivity contribution in [2.45, 2.75) is 38.5 Å². The third-order valence-corrected chi connectivity index (χ3v) is 4.86. The molecule has 1 heterocycles. The highest BCUT2D eigenvalue weighted by Gasteiger charge is 2.24. The number of urea groups is 1. The maximum Gasteiger partial charge on any atom is 0.324 e. The van der Waals surface area contributed by atoms with E-state index in [-0.39, 0.29) is 17.9 Å². The first-order valence-electron chi connectivity index (χ1n) is 8.59. The van der Waals surface area contributed by atoms with Crippen LogP contribution >= 0.6 is 0 Å². The number of anilines is 2. The van der Waals surface area contributed by atoms with Crippen LogP contribution in [-0.2, 0) is 4.79 Å². The van der Waals surface area contributed by atoms with Gasteiger partial charge in [-0.3, -0.25) is 9.69 Å². The lowest BCUT2D eigenvalue weighted by Gasteiger charge is -2.33. The largest absolute Gasteiger partial charge is 0.327 e. The molecule has 3 rings (SSSR count). The maximum absolute atomic E-state index is 12.3. The molecule has 1 aliphatic heterocycles. The number of amides is 3. The van der Waals surface area contributed by atoms with Crippen molar-refractivity contribution in [2.75, 3.05) is 30.4 Å². The molecule has 0 atom stereocenters. The second-order valence-electron chi connectivity index (χ2n) is 6.58. The topological polar surface area (TPSA) is 52.6 Å². The number of rotatable bonds is 3. The van der Waals surface area contributed by atoms with Gasteiger partial charge in [0.15, 0.2) is 0 Å². The van der Waals surface area contributed by atoms with Crippen molar-refractivity contribution in [3.05, 3.63) is 24.3 Å². The molecular formula is C18H25N3O2. The second kappa shape index (κ2) is 7.02. The highest BCUT2D eigenvalue weighted by atomic mass is 16.2. The summed E-state index contributed by atoms with van der Waals surface area (Å²) in [6.45, 7) is 1.56. The SMILES string of the molecule is CN1CCCN(c2ccc(NC(=O)C3CCCCC3)cc2)C1=O. The fourth-order valence-corrected chi connectivity index (χ4v) is 3.44. The first-order chi connectivity index (χ1) is 11.1. The first kappa shape index (κ1) is 15.8. The standard InChI is InChI=1S/C18H25N3O2/c1-20-12-5-13-21(18(20)23)16-10-8-15(9-11-16)19-17(22)14-6-3-2-4-7-14/h8-11,14H,2-7,12-13H2,1H3,(H,19,22). The van der Waals surface area contributed by atoms with Gasteiger partial charge in [0.2, 0.25) is 5.91 Å². The Morgan fingerprint density at radius 1 is 1.04 bits per heavy atom. The zero-order chi connectivity index (χ0) is 16.2. The normalized spacial score (nSPS) is 19.8. The van der Waals surface area contributed by atoms with Gasteiger partial charge in [-0.2, -0.15) is 0 Å². The Morgan fingerprint density at radius 3 is 2.43 bits per heavy atom. The Morgan fingerprint density at radius 2 is 1.74 bits per heavy atom. The molecule has 2 fully saturated rings. The molecular weight excluding hydrogens is 290 g/mol. The Kier molecular flexibility index (Phi) is 4.84. The van der Waals surface area contributed by atoms with Crippen LogP contribution in [0, 0.1) is 5.92 Å². The molecule has 1 aromatic rings. The Labute approximate surface area is 137 Å². The lowest BCUT2D eigenvalue weighted by atomic mass is 9.88. The number of benzene rings is 1. The van der Waals surface area contributed by atoms with E-state index in [4.69, 9.17) is 0 Å². The molecule has 1 aliphatic carbocycles. The molecule has 0 bridgehead atoms. The summed E-state index contributed by atoms with van der Waals surface area (Å²) in [6.07, 6.45) is 6.53. The number of carbonyl (C=O) groups excluding carboxylic acids is 2. The number of hydrogen-bond acceptors (Lipinski definition) is 2. The fourth-order valence-electron chi connectivity index (χ4n) is 3.44. The van der Waals surface area contributed by atoms with Gasteiger partial charge in [-0.1, -0.05) is 19.3 Å². The average Bonchev–Trinajstić information content (AvgIpc) is 2.59. The predicted octanol–water partition coefficient (Wildman–Crippen LogP) is 3.47. The molecule has 5 heteroatoms. The molecule has 0 unspecified atom stereocenters. The summed E-state index contributed by atoms with van der Waals surface area (Å²) >= 11 is 0. The average molecular weight is 315 g/mol. The molecule has 0 radical (unpaired) electrons. The minimum Gasteiger partial charge on any atom is -0.327 e. The molecule has 2 aliphatic rings. The summed E-state index contributed by atoms with van der Waals surface area (Å²) in [5, 5.41) is 3.01. The molecule has 23 heavy (non-hydrogen) atoms. The Hall–Kier alpha value is -2.04. The predicted molar refractivity (Wildman–Crippen MR) is 91.6 cm³/mol. The smallest absolute Gasteiger partial charge is 0.324 e. The summed E-state index contributed by atoms with van der Waals surface area (Å²) in [7, 11) is 1.83. The van der Waals surface area contributed by atoms with Crippen molar-refractivity contribution in [3.63, 3.8) is 0 Å². The van der Waals surface area contributed by atoms with E-state index in [2.05, 4.69) is 5.32 Å². The van der Waals surface area contributed by atoms with Crippen molar-refractivity contribution in [2.24, 2.45) is 5.92 Å². The second-order valence-corrected chi connectivity index (χ2v) is 6.58. The van der Waals surface area contributed by atoms with E-state index >= 15 is 0 Å². The molecule has 3 amide bonds. The highest BCUT2D eigenvalue weighted by Crippen LogP contribution is 2.26. The molecule has 1 N–H and O–H groups in total. The first-order valence-corrected chi connectivity index (χ1v) is 8.59. The Bertz CT molecular complexity index is 564. The molecule has 0 aromatic heterocycles. The van der Waals surface area contributed by atoms with Gasteiger partial charge in [0, 0.05) is 37.4 Å². The number of nitrogens with zero attached hydrogens (tertiary/aromatic N) is 2. The number of nitrogens with one attached hydrogen (secondary N) is 1. The van der Waals surface area contributed by atoms with E-state index in [1.165, 1.54) is 6.42 Å². The van der Waals surface area contributed by atoms with Gasteiger partial charge < -0.3 is 10.2 Å².